The van der Waals surface area contributed by atoms with Gasteiger partial charge in [-0.3, -0.25) is 0 Å². The first-order valence-electron chi connectivity index (χ1n) is 8.12. The van der Waals surface area contributed by atoms with Crippen LogP contribution in [0.5, 0.6) is 0 Å². The maximum absolute atomic E-state index is 2.61. The van der Waals surface area contributed by atoms with Crippen LogP contribution in [0.3, 0.4) is 0 Å². The molecule has 1 aliphatic heterocycles. The monoisotopic (exact) mass is 306 g/mol. The van der Waals surface area contributed by atoms with Gasteiger partial charge in [0.25, 0.3) is 0 Å². The van der Waals surface area contributed by atoms with Crippen molar-refractivity contribution in [1.29, 1.82) is 0 Å². The minimum atomic E-state index is 0.285. The summed E-state index contributed by atoms with van der Waals surface area (Å²) in [6, 6.07) is 8.93. The van der Waals surface area contributed by atoms with Crippen molar-refractivity contribution < 1.29 is 0 Å². The minimum absolute atomic E-state index is 0.285. The quantitative estimate of drug-likeness (QED) is 0.765. The van der Waals surface area contributed by atoms with Crippen molar-refractivity contribution in [2.24, 2.45) is 0 Å². The van der Waals surface area contributed by atoms with Gasteiger partial charge in [-0.25, -0.2) is 0 Å². The third-order valence-corrected chi connectivity index (χ3v) is 5.14. The maximum Gasteiger partial charge on any atom is 0.0122 e. The van der Waals surface area contributed by atoms with Crippen molar-refractivity contribution in [2.75, 3.05) is 39.8 Å². The normalized spacial score (nSPS) is 18.1. The van der Waals surface area contributed by atoms with E-state index in [0.29, 0.717) is 0 Å². The van der Waals surface area contributed by atoms with Crippen molar-refractivity contribution in [3.8, 4) is 0 Å². The van der Waals surface area contributed by atoms with E-state index in [2.05, 4.69) is 61.9 Å². The Labute approximate surface area is 134 Å². The molecule has 2 rings (SSSR count). The Bertz CT molecular complexity index is 431. The number of hydrogen-bond acceptors (Lipinski definition) is 3. The van der Waals surface area contributed by atoms with Crippen molar-refractivity contribution in [1.82, 2.24) is 9.80 Å². The molecule has 1 heterocycles. The number of rotatable bonds is 5. The summed E-state index contributed by atoms with van der Waals surface area (Å²) in [5.74, 6) is 0. The lowest BCUT2D eigenvalue weighted by atomic mass is 10.1. The largest absolute Gasteiger partial charge is 0.304 e. The van der Waals surface area contributed by atoms with E-state index >= 15 is 0 Å². The Balaban J connectivity index is 1.83. The second-order valence-electron chi connectivity index (χ2n) is 7.07. The molecule has 118 valence electrons. The van der Waals surface area contributed by atoms with Crippen molar-refractivity contribution >= 4 is 11.8 Å². The second kappa shape index (κ2) is 7.66. The molecule has 0 radical (unpaired) electrons. The predicted octanol–water partition coefficient (Wildman–Crippen LogP) is 3.76. The van der Waals surface area contributed by atoms with Crippen LogP contribution in [0.2, 0.25) is 0 Å². The fraction of sp³-hybridized carbons (Fsp3) is 0.667. The first kappa shape index (κ1) is 16.9. The van der Waals surface area contributed by atoms with Crippen LogP contribution in [-0.4, -0.2) is 54.3 Å². The van der Waals surface area contributed by atoms with E-state index in [0.717, 1.165) is 0 Å². The zero-order valence-electron chi connectivity index (χ0n) is 14.1. The average molecular weight is 307 g/mol. The van der Waals surface area contributed by atoms with Gasteiger partial charge in [-0.2, -0.15) is 0 Å². The zero-order valence-corrected chi connectivity index (χ0v) is 14.9. The van der Waals surface area contributed by atoms with Gasteiger partial charge in [0.05, 0.1) is 0 Å². The summed E-state index contributed by atoms with van der Waals surface area (Å²) in [4.78, 5) is 6.49. The van der Waals surface area contributed by atoms with Gasteiger partial charge < -0.3 is 9.80 Å². The van der Waals surface area contributed by atoms with Crippen LogP contribution in [0.1, 0.15) is 32.8 Å². The standard InChI is InChI=1S/C18H30N2S/c1-18(2,3)21-17-10-6-5-8-16(17)9-7-11-20-14-12-19(4)13-15-20/h5-6,8,10H,7,9,11-15H2,1-4H3. The van der Waals surface area contributed by atoms with E-state index in [-0.39, 0.29) is 4.75 Å². The molecule has 0 spiro atoms. The van der Waals surface area contributed by atoms with Gasteiger partial charge in [0.2, 0.25) is 0 Å². The average Bonchev–Trinajstić information content (AvgIpc) is 2.41. The molecule has 0 aromatic heterocycles. The van der Waals surface area contributed by atoms with Crippen LogP contribution in [0.4, 0.5) is 0 Å². The molecule has 1 aromatic carbocycles. The first-order chi connectivity index (χ1) is 9.94. The molecule has 1 aromatic rings. The Morgan fingerprint density at radius 3 is 2.38 bits per heavy atom. The lowest BCUT2D eigenvalue weighted by Gasteiger charge is -2.32. The van der Waals surface area contributed by atoms with Gasteiger partial charge in [0, 0.05) is 35.8 Å². The number of likely N-dealkylation sites (N-methyl/N-ethyl adjacent to an activating group) is 1. The maximum atomic E-state index is 2.61. The molecule has 0 bridgehead atoms. The fourth-order valence-electron chi connectivity index (χ4n) is 2.70. The van der Waals surface area contributed by atoms with E-state index < -0.39 is 0 Å². The molecule has 3 heteroatoms. The summed E-state index contributed by atoms with van der Waals surface area (Å²) in [7, 11) is 2.22. The number of thioether (sulfide) groups is 1. The topological polar surface area (TPSA) is 6.48 Å². The lowest BCUT2D eigenvalue weighted by Crippen LogP contribution is -2.44. The molecule has 0 unspecified atom stereocenters. The van der Waals surface area contributed by atoms with E-state index in [4.69, 9.17) is 0 Å². The Kier molecular flexibility index (Phi) is 6.15. The molecule has 1 saturated heterocycles. The summed E-state index contributed by atoms with van der Waals surface area (Å²) in [6.07, 6.45) is 2.47. The van der Waals surface area contributed by atoms with Gasteiger partial charge >= 0.3 is 0 Å². The smallest absolute Gasteiger partial charge is 0.0122 e. The van der Waals surface area contributed by atoms with Crippen LogP contribution in [0.25, 0.3) is 0 Å². The SMILES string of the molecule is CN1CCN(CCCc2ccccc2SC(C)(C)C)CC1. The highest BCUT2D eigenvalue weighted by Gasteiger charge is 2.15. The Morgan fingerprint density at radius 1 is 1.05 bits per heavy atom. The molecule has 1 aliphatic rings. The molecular weight excluding hydrogens is 276 g/mol. The summed E-state index contributed by atoms with van der Waals surface area (Å²) in [6.45, 7) is 13.0. The summed E-state index contributed by atoms with van der Waals surface area (Å²) in [5, 5.41) is 0. The molecular formula is C18H30N2S. The summed E-state index contributed by atoms with van der Waals surface area (Å²) in [5.41, 5.74) is 1.52. The van der Waals surface area contributed by atoms with E-state index in [1.165, 1.54) is 56.0 Å². The van der Waals surface area contributed by atoms with Crippen LogP contribution < -0.4 is 0 Å². The summed E-state index contributed by atoms with van der Waals surface area (Å²) >= 11 is 1.99. The molecule has 1 fully saturated rings. The minimum Gasteiger partial charge on any atom is -0.304 e. The molecule has 0 aliphatic carbocycles. The van der Waals surface area contributed by atoms with Crippen LogP contribution in [0, 0.1) is 0 Å². The Morgan fingerprint density at radius 2 is 1.71 bits per heavy atom. The van der Waals surface area contributed by atoms with Gasteiger partial charge in [-0.15, -0.1) is 11.8 Å². The number of hydrogen-bond donors (Lipinski definition) is 0. The predicted molar refractivity (Wildman–Crippen MR) is 94.3 cm³/mol. The molecule has 0 saturated carbocycles. The molecule has 2 nitrogen and oxygen atoms in total. The lowest BCUT2D eigenvalue weighted by molar-refractivity contribution is 0.153. The number of nitrogens with zero attached hydrogens (tertiary/aromatic N) is 2. The van der Waals surface area contributed by atoms with Crippen LogP contribution >= 0.6 is 11.8 Å². The number of aryl methyl sites for hydroxylation is 1. The van der Waals surface area contributed by atoms with Gasteiger partial charge in [0.15, 0.2) is 0 Å². The van der Waals surface area contributed by atoms with E-state index in [1.807, 2.05) is 11.8 Å². The molecule has 0 N–H and O–H groups in total. The van der Waals surface area contributed by atoms with Gasteiger partial charge in [-0.1, -0.05) is 39.0 Å². The highest BCUT2D eigenvalue weighted by molar-refractivity contribution is 8.00. The third-order valence-electron chi connectivity index (χ3n) is 3.91. The second-order valence-corrected chi connectivity index (χ2v) is 8.94. The molecule has 0 atom stereocenters. The zero-order chi connectivity index (χ0) is 15.3. The first-order valence-corrected chi connectivity index (χ1v) is 8.93. The van der Waals surface area contributed by atoms with E-state index in [1.54, 1.807) is 0 Å². The highest BCUT2D eigenvalue weighted by Crippen LogP contribution is 2.34. The summed E-state index contributed by atoms with van der Waals surface area (Å²) < 4.78 is 0.285. The van der Waals surface area contributed by atoms with Gasteiger partial charge in [0.1, 0.15) is 0 Å². The van der Waals surface area contributed by atoms with Crippen LogP contribution in [-0.2, 0) is 6.42 Å². The number of benzene rings is 1. The van der Waals surface area contributed by atoms with Crippen LogP contribution in [0.15, 0.2) is 29.2 Å². The van der Waals surface area contributed by atoms with E-state index in [9.17, 15) is 0 Å². The fourth-order valence-corrected chi connectivity index (χ4v) is 3.81. The number of piperazine rings is 1. The van der Waals surface area contributed by atoms with Gasteiger partial charge in [-0.05, 0) is 38.1 Å². The van der Waals surface area contributed by atoms with Crippen molar-refractivity contribution in [3.63, 3.8) is 0 Å². The highest BCUT2D eigenvalue weighted by atomic mass is 32.2. The Hall–Kier alpha value is -0.510. The van der Waals surface area contributed by atoms with Crippen molar-refractivity contribution in [2.45, 2.75) is 43.3 Å². The molecule has 21 heavy (non-hydrogen) atoms. The third kappa shape index (κ3) is 6.01. The molecule has 0 amide bonds. The van der Waals surface area contributed by atoms with Crippen molar-refractivity contribution in [3.05, 3.63) is 29.8 Å².